The first kappa shape index (κ1) is 25.4. The Morgan fingerprint density at radius 2 is 2.22 bits per heavy atom. The van der Waals surface area contributed by atoms with Gasteiger partial charge in [0.1, 0.15) is 29.4 Å². The molecule has 0 bridgehead atoms. The normalized spacial score (nSPS) is 19.5. The lowest BCUT2D eigenvalue weighted by Crippen LogP contribution is -2.71. The molecule has 13 nitrogen and oxygen atoms in total. The van der Waals surface area contributed by atoms with Crippen molar-refractivity contribution in [2.75, 3.05) is 37.1 Å². The van der Waals surface area contributed by atoms with E-state index in [1.165, 1.54) is 16.7 Å². The summed E-state index contributed by atoms with van der Waals surface area (Å²) in [5, 5.41) is 15.9. The van der Waals surface area contributed by atoms with E-state index in [2.05, 4.69) is 19.8 Å². The summed E-state index contributed by atoms with van der Waals surface area (Å²) in [7, 11) is 3.83. The Morgan fingerprint density at radius 3 is 2.86 bits per heavy atom. The molecule has 0 aromatic carbocycles. The molecule has 15 heteroatoms. The second-order valence-electron chi connectivity index (χ2n) is 8.06. The van der Waals surface area contributed by atoms with E-state index < -0.39 is 29.2 Å². The van der Waals surface area contributed by atoms with Crippen LogP contribution in [0, 0.1) is 0 Å². The number of β-lactam (4-membered cyclic amide) rings is 1. The molecule has 0 radical (unpaired) electrons. The zero-order valence-corrected chi connectivity index (χ0v) is 21.4. The molecular weight excluding hydrogens is 508 g/mol. The van der Waals surface area contributed by atoms with E-state index in [9.17, 15) is 19.5 Å². The molecule has 4 N–H and O–H groups in total. The molecular formula is C21H25N8O5S2+. The quantitative estimate of drug-likeness (QED) is 0.168. The third-order valence-electron chi connectivity index (χ3n) is 5.42. The van der Waals surface area contributed by atoms with Crippen LogP contribution < -0.4 is 20.5 Å². The van der Waals surface area contributed by atoms with Crippen molar-refractivity contribution in [1.29, 1.82) is 0 Å². The molecule has 2 amide bonds. The number of pyridine rings is 1. The molecule has 1 fully saturated rings. The predicted octanol–water partition coefficient (Wildman–Crippen LogP) is -0.347. The molecule has 2 atom stereocenters. The second-order valence-corrected chi connectivity index (χ2v) is 9.95. The second kappa shape index (κ2) is 10.5. The first-order valence-electron chi connectivity index (χ1n) is 10.9. The summed E-state index contributed by atoms with van der Waals surface area (Å²) in [6.07, 6.45) is 3.75. The van der Waals surface area contributed by atoms with Crippen LogP contribution in [0.2, 0.25) is 0 Å². The maximum Gasteiger partial charge on any atom is 0.352 e. The van der Waals surface area contributed by atoms with Gasteiger partial charge in [0.2, 0.25) is 11.5 Å². The van der Waals surface area contributed by atoms with Crippen LogP contribution >= 0.6 is 23.3 Å². The molecule has 2 aromatic heterocycles. The molecule has 4 rings (SSSR count). The number of nitrogens with one attached hydrogen (secondary N) is 1. The van der Waals surface area contributed by atoms with Crippen LogP contribution in [0.25, 0.3) is 0 Å². The number of amides is 2. The Balaban J connectivity index is 1.53. The van der Waals surface area contributed by atoms with Gasteiger partial charge >= 0.3 is 5.97 Å². The lowest BCUT2D eigenvalue weighted by atomic mass is 10.0. The van der Waals surface area contributed by atoms with Crippen LogP contribution in [0.5, 0.6) is 0 Å². The van der Waals surface area contributed by atoms with Crippen LogP contribution in [0.3, 0.4) is 0 Å². The number of carbonyl (C=O) groups excluding carboxylic acids is 2. The van der Waals surface area contributed by atoms with Crippen LogP contribution in [-0.2, 0) is 25.8 Å². The van der Waals surface area contributed by atoms with Crippen LogP contribution in [0.1, 0.15) is 12.7 Å². The standard InChI is InChI=1S/C21H24N8O5S2/c1-4-34-25-13(16-24-21(22)36-26-16)17(30)23-14-18(31)29-15(20(32)33)11(10-35-19(14)29)8-28-7-5-6-12(9-28)27(2)3/h5-7,9,14,19H,4,8,10H2,1-3H3,(H3-,22,23,24,26,30,32,33)/p+1/t14?,19-/m0/s1. The van der Waals surface area contributed by atoms with Crippen molar-refractivity contribution in [1.82, 2.24) is 19.6 Å². The average molecular weight is 534 g/mol. The number of thioether (sulfide) groups is 1. The van der Waals surface area contributed by atoms with E-state index in [4.69, 9.17) is 10.6 Å². The fourth-order valence-corrected chi connectivity index (χ4v) is 5.52. The summed E-state index contributed by atoms with van der Waals surface area (Å²) in [5.41, 5.74) is 6.90. The SMILES string of the molecule is CCON=C(C(=O)NC1C(=O)N2C(C(=O)O)=C(C[n+]3cccc(N(C)C)c3)CS[C@@H]12)c1nsc(N)n1. The van der Waals surface area contributed by atoms with Gasteiger partial charge < -0.3 is 25.9 Å². The minimum Gasteiger partial charge on any atom is -0.477 e. The highest BCUT2D eigenvalue weighted by Crippen LogP contribution is 2.40. The number of hydrogen-bond acceptors (Lipinski definition) is 11. The van der Waals surface area contributed by atoms with Gasteiger partial charge in [0.05, 0.1) is 0 Å². The van der Waals surface area contributed by atoms with Gasteiger partial charge in [-0.2, -0.15) is 13.9 Å². The number of aliphatic carboxylic acids is 1. The Bertz CT molecular complexity index is 1260. The number of anilines is 2. The van der Waals surface area contributed by atoms with Crippen molar-refractivity contribution in [2.45, 2.75) is 24.9 Å². The van der Waals surface area contributed by atoms with Gasteiger partial charge in [0, 0.05) is 43.0 Å². The van der Waals surface area contributed by atoms with E-state index in [0.717, 1.165) is 17.2 Å². The maximum atomic E-state index is 13.0. The summed E-state index contributed by atoms with van der Waals surface area (Å²) < 4.78 is 5.86. The minimum atomic E-state index is -1.20. The number of rotatable bonds is 9. The molecule has 0 aliphatic carbocycles. The Hall–Kier alpha value is -3.72. The number of oxime groups is 1. The number of nitrogens with two attached hydrogens (primary N) is 1. The molecule has 36 heavy (non-hydrogen) atoms. The number of fused-ring (bicyclic) bond motifs is 1. The van der Waals surface area contributed by atoms with E-state index >= 15 is 0 Å². The van der Waals surface area contributed by atoms with E-state index in [1.54, 1.807) is 6.92 Å². The van der Waals surface area contributed by atoms with Crippen LogP contribution in [-0.4, -0.2) is 80.7 Å². The van der Waals surface area contributed by atoms with Crippen LogP contribution in [0.4, 0.5) is 10.8 Å². The first-order chi connectivity index (χ1) is 17.2. The summed E-state index contributed by atoms with van der Waals surface area (Å²) in [6.45, 7) is 2.21. The van der Waals surface area contributed by atoms with Gasteiger partial charge in [-0.3, -0.25) is 14.5 Å². The summed E-state index contributed by atoms with van der Waals surface area (Å²) in [6, 6.07) is 2.88. The van der Waals surface area contributed by atoms with Crippen molar-refractivity contribution in [3.63, 3.8) is 0 Å². The fourth-order valence-electron chi connectivity index (χ4n) is 3.75. The zero-order valence-electron chi connectivity index (χ0n) is 19.7. The third-order valence-corrected chi connectivity index (χ3v) is 7.30. The van der Waals surface area contributed by atoms with E-state index in [0.29, 0.717) is 17.9 Å². The highest BCUT2D eigenvalue weighted by atomic mass is 32.2. The third kappa shape index (κ3) is 4.97. The van der Waals surface area contributed by atoms with Crippen molar-refractivity contribution < 1.29 is 28.9 Å². The van der Waals surface area contributed by atoms with Crippen molar-refractivity contribution >= 4 is 57.6 Å². The Labute approximate surface area is 214 Å². The van der Waals surface area contributed by atoms with Crippen molar-refractivity contribution in [3.05, 3.63) is 41.6 Å². The molecule has 2 aromatic rings. The number of nitrogens with zero attached hydrogens (tertiary/aromatic N) is 6. The van der Waals surface area contributed by atoms with E-state index in [1.807, 2.05) is 48.1 Å². The monoisotopic (exact) mass is 533 g/mol. The largest absolute Gasteiger partial charge is 0.477 e. The lowest BCUT2D eigenvalue weighted by molar-refractivity contribution is -0.688. The van der Waals surface area contributed by atoms with Crippen LogP contribution in [0.15, 0.2) is 41.0 Å². The van der Waals surface area contributed by atoms with Gasteiger partial charge in [-0.25, -0.2) is 4.79 Å². The minimum absolute atomic E-state index is 0.0197. The Kier molecular flexibility index (Phi) is 7.40. The van der Waals surface area contributed by atoms with Gasteiger partial charge in [-0.15, -0.1) is 11.8 Å². The van der Waals surface area contributed by atoms with Gasteiger partial charge in [0.15, 0.2) is 24.1 Å². The highest BCUT2D eigenvalue weighted by molar-refractivity contribution is 8.00. The molecule has 2 aliphatic rings. The summed E-state index contributed by atoms with van der Waals surface area (Å²) in [4.78, 5) is 50.3. The smallest absolute Gasteiger partial charge is 0.352 e. The van der Waals surface area contributed by atoms with Gasteiger partial charge in [-0.1, -0.05) is 5.16 Å². The van der Waals surface area contributed by atoms with Crippen molar-refractivity contribution in [2.24, 2.45) is 5.16 Å². The molecule has 1 saturated heterocycles. The fraction of sp³-hybridized carbons (Fsp3) is 0.381. The molecule has 4 heterocycles. The Morgan fingerprint density at radius 1 is 1.44 bits per heavy atom. The maximum absolute atomic E-state index is 13.0. The molecule has 190 valence electrons. The number of carboxylic acids is 1. The number of carbonyl (C=O) groups is 3. The topological polar surface area (TPSA) is 167 Å². The number of hydrogen-bond donors (Lipinski definition) is 3. The molecule has 0 spiro atoms. The average Bonchev–Trinajstić information content (AvgIpc) is 3.28. The lowest BCUT2D eigenvalue weighted by Gasteiger charge is -2.49. The highest BCUT2D eigenvalue weighted by Gasteiger charge is 2.54. The summed E-state index contributed by atoms with van der Waals surface area (Å²) in [5.74, 6) is -2.08. The number of nitrogen functional groups attached to an aromatic ring is 1. The van der Waals surface area contributed by atoms with Gasteiger partial charge in [0.25, 0.3) is 11.8 Å². The molecule has 1 unspecified atom stereocenters. The first-order valence-corrected chi connectivity index (χ1v) is 12.7. The van der Waals surface area contributed by atoms with Gasteiger partial charge in [-0.05, 0) is 13.0 Å². The van der Waals surface area contributed by atoms with E-state index in [-0.39, 0.29) is 29.0 Å². The number of carboxylic acid groups (broad SMARTS) is 1. The molecule has 0 saturated carbocycles. The molecule has 2 aliphatic heterocycles. The zero-order chi connectivity index (χ0) is 26.0. The number of aromatic nitrogens is 3. The summed E-state index contributed by atoms with van der Waals surface area (Å²) >= 11 is 2.27. The van der Waals surface area contributed by atoms with Crippen molar-refractivity contribution in [3.8, 4) is 0 Å². The predicted molar refractivity (Wildman–Crippen MR) is 133 cm³/mol.